The Balaban J connectivity index is 1.76. The molecule has 1 saturated carbocycles. The van der Waals surface area contributed by atoms with Crippen LogP contribution in [0.2, 0.25) is 0 Å². The molecule has 1 aromatic rings. The second-order valence-electron chi connectivity index (χ2n) is 5.66. The summed E-state index contributed by atoms with van der Waals surface area (Å²) in [6, 6.07) is 1.63. The summed E-state index contributed by atoms with van der Waals surface area (Å²) >= 11 is 1.24. The molecule has 2 unspecified atom stereocenters. The van der Waals surface area contributed by atoms with Gasteiger partial charge in [0.2, 0.25) is 0 Å². The van der Waals surface area contributed by atoms with Crippen LogP contribution >= 0.6 is 11.3 Å². The number of rotatable bonds is 3. The van der Waals surface area contributed by atoms with E-state index in [4.69, 9.17) is 4.74 Å². The van der Waals surface area contributed by atoms with E-state index in [0.717, 1.165) is 25.7 Å². The fourth-order valence-electron chi connectivity index (χ4n) is 3.03. The van der Waals surface area contributed by atoms with Gasteiger partial charge in [-0.05, 0) is 30.7 Å². The predicted molar refractivity (Wildman–Crippen MR) is 86.3 cm³/mol. The molecule has 2 heterocycles. The Hall–Kier alpha value is -2.15. The number of carbonyl (C=O) groups is 3. The molecule has 6 nitrogen and oxygen atoms in total. The number of amides is 2. The van der Waals surface area contributed by atoms with Crippen molar-refractivity contribution in [1.82, 2.24) is 5.32 Å². The van der Waals surface area contributed by atoms with E-state index in [-0.39, 0.29) is 29.3 Å². The van der Waals surface area contributed by atoms with E-state index >= 15 is 0 Å². The molecule has 7 heteroatoms. The normalized spacial score (nSPS) is 23.3. The maximum atomic E-state index is 12.5. The second-order valence-corrected chi connectivity index (χ2v) is 6.57. The van der Waals surface area contributed by atoms with E-state index in [1.165, 1.54) is 24.6 Å². The first-order valence-corrected chi connectivity index (χ1v) is 8.50. The minimum atomic E-state index is -0.522. The molecule has 0 aromatic carbocycles. The summed E-state index contributed by atoms with van der Waals surface area (Å²) in [6.45, 7) is 0. The SMILES string of the molecule is CNC(=O)c1ccsc1NC(=O)C1=COC2CCCCC2C1=O. The molecule has 23 heavy (non-hydrogen) atoms. The van der Waals surface area contributed by atoms with Gasteiger partial charge in [0.25, 0.3) is 11.8 Å². The highest BCUT2D eigenvalue weighted by molar-refractivity contribution is 7.14. The minimum absolute atomic E-state index is 0.0319. The van der Waals surface area contributed by atoms with Crippen molar-refractivity contribution in [2.45, 2.75) is 31.8 Å². The lowest BCUT2D eigenvalue weighted by Crippen LogP contribution is -2.39. The van der Waals surface area contributed by atoms with Crippen LogP contribution in [-0.2, 0) is 14.3 Å². The van der Waals surface area contributed by atoms with Gasteiger partial charge in [-0.25, -0.2) is 0 Å². The fraction of sp³-hybridized carbons (Fsp3) is 0.438. The van der Waals surface area contributed by atoms with E-state index in [1.807, 2.05) is 0 Å². The van der Waals surface area contributed by atoms with Gasteiger partial charge in [0.1, 0.15) is 16.7 Å². The van der Waals surface area contributed by atoms with Crippen molar-refractivity contribution in [2.24, 2.45) is 5.92 Å². The number of hydrogen-bond donors (Lipinski definition) is 2. The zero-order valence-electron chi connectivity index (χ0n) is 12.8. The molecule has 2 atom stereocenters. The van der Waals surface area contributed by atoms with Gasteiger partial charge in [-0.1, -0.05) is 6.42 Å². The van der Waals surface area contributed by atoms with E-state index < -0.39 is 5.91 Å². The molecule has 0 spiro atoms. The third-order valence-electron chi connectivity index (χ3n) is 4.27. The van der Waals surface area contributed by atoms with Gasteiger partial charge in [-0.15, -0.1) is 11.3 Å². The van der Waals surface area contributed by atoms with Crippen molar-refractivity contribution < 1.29 is 19.1 Å². The van der Waals surface area contributed by atoms with E-state index in [0.29, 0.717) is 10.6 Å². The van der Waals surface area contributed by atoms with Crippen molar-refractivity contribution in [3.63, 3.8) is 0 Å². The Bertz CT molecular complexity index is 679. The molecular formula is C16H18N2O4S. The van der Waals surface area contributed by atoms with Crippen LogP contribution in [0.3, 0.4) is 0 Å². The molecule has 2 aliphatic rings. The number of hydrogen-bond acceptors (Lipinski definition) is 5. The summed E-state index contributed by atoms with van der Waals surface area (Å²) in [6.07, 6.45) is 4.82. The van der Waals surface area contributed by atoms with Crippen LogP contribution in [0.15, 0.2) is 23.3 Å². The summed E-state index contributed by atoms with van der Waals surface area (Å²) in [5, 5.41) is 7.31. The van der Waals surface area contributed by atoms with Crippen molar-refractivity contribution in [2.75, 3.05) is 12.4 Å². The standard InChI is InChI=1S/C16H18N2O4S/c1-17-14(20)10-6-7-23-16(10)18-15(21)11-8-22-12-5-3-2-4-9(12)13(11)19/h6-9,12H,2-5H2,1H3,(H,17,20)(H,18,21). The number of ether oxygens (including phenoxy) is 1. The van der Waals surface area contributed by atoms with Gasteiger partial charge in [0, 0.05) is 7.05 Å². The van der Waals surface area contributed by atoms with Gasteiger partial charge in [0.05, 0.1) is 17.7 Å². The zero-order valence-corrected chi connectivity index (χ0v) is 13.6. The molecule has 1 aliphatic carbocycles. The summed E-state index contributed by atoms with van der Waals surface area (Å²) in [4.78, 5) is 36.7. The van der Waals surface area contributed by atoms with Crippen molar-refractivity contribution >= 4 is 33.9 Å². The van der Waals surface area contributed by atoms with Crippen molar-refractivity contribution in [3.05, 3.63) is 28.8 Å². The first-order chi connectivity index (χ1) is 11.1. The number of anilines is 1. The number of ketones is 1. The quantitative estimate of drug-likeness (QED) is 0.829. The third kappa shape index (κ3) is 3.01. The molecule has 2 N–H and O–H groups in total. The number of nitrogens with one attached hydrogen (secondary N) is 2. The lowest BCUT2D eigenvalue weighted by molar-refractivity contribution is -0.129. The second kappa shape index (κ2) is 6.54. The van der Waals surface area contributed by atoms with E-state index in [2.05, 4.69) is 10.6 Å². The zero-order chi connectivity index (χ0) is 16.4. The molecule has 1 aliphatic heterocycles. The molecule has 1 fully saturated rings. The maximum absolute atomic E-state index is 12.5. The van der Waals surface area contributed by atoms with Crippen LogP contribution < -0.4 is 10.6 Å². The highest BCUT2D eigenvalue weighted by Gasteiger charge is 2.39. The average molecular weight is 334 g/mol. The van der Waals surface area contributed by atoms with Crippen LogP contribution in [0.1, 0.15) is 36.0 Å². The summed E-state index contributed by atoms with van der Waals surface area (Å²) in [7, 11) is 1.52. The fourth-order valence-corrected chi connectivity index (χ4v) is 3.81. The first-order valence-electron chi connectivity index (χ1n) is 7.62. The minimum Gasteiger partial charge on any atom is -0.496 e. The van der Waals surface area contributed by atoms with Gasteiger partial charge in [0.15, 0.2) is 5.78 Å². The first kappa shape index (κ1) is 15.7. The van der Waals surface area contributed by atoms with E-state index in [1.54, 1.807) is 11.4 Å². The van der Waals surface area contributed by atoms with Gasteiger partial charge < -0.3 is 15.4 Å². The molecule has 0 radical (unpaired) electrons. The highest BCUT2D eigenvalue weighted by Crippen LogP contribution is 2.33. The Kier molecular flexibility index (Phi) is 4.47. The topological polar surface area (TPSA) is 84.5 Å². The molecule has 1 aromatic heterocycles. The molecule has 122 valence electrons. The molecular weight excluding hydrogens is 316 g/mol. The Morgan fingerprint density at radius 3 is 2.83 bits per heavy atom. The van der Waals surface area contributed by atoms with Crippen LogP contribution in [0.25, 0.3) is 0 Å². The highest BCUT2D eigenvalue weighted by atomic mass is 32.1. The van der Waals surface area contributed by atoms with Crippen LogP contribution in [0.4, 0.5) is 5.00 Å². The smallest absolute Gasteiger partial charge is 0.263 e. The largest absolute Gasteiger partial charge is 0.496 e. The lowest BCUT2D eigenvalue weighted by Gasteiger charge is -2.33. The van der Waals surface area contributed by atoms with Gasteiger partial charge in [-0.2, -0.15) is 0 Å². The van der Waals surface area contributed by atoms with Crippen molar-refractivity contribution in [1.29, 1.82) is 0 Å². The van der Waals surface area contributed by atoms with Crippen LogP contribution in [0, 0.1) is 5.92 Å². The number of Topliss-reactive ketones (excluding diaryl/α,β-unsaturated/α-hetero) is 1. The Morgan fingerprint density at radius 1 is 1.26 bits per heavy atom. The maximum Gasteiger partial charge on any atom is 0.263 e. The summed E-state index contributed by atoms with van der Waals surface area (Å²) < 4.78 is 5.58. The van der Waals surface area contributed by atoms with Crippen molar-refractivity contribution in [3.8, 4) is 0 Å². The lowest BCUT2D eigenvalue weighted by atomic mass is 9.80. The molecule has 3 rings (SSSR count). The number of thiophene rings is 1. The van der Waals surface area contributed by atoms with Crippen LogP contribution in [-0.4, -0.2) is 30.7 Å². The number of carbonyl (C=O) groups excluding carboxylic acids is 3. The van der Waals surface area contributed by atoms with Gasteiger partial charge >= 0.3 is 0 Å². The van der Waals surface area contributed by atoms with Crippen LogP contribution in [0.5, 0.6) is 0 Å². The summed E-state index contributed by atoms with van der Waals surface area (Å²) in [5.74, 6) is -1.19. The predicted octanol–water partition coefficient (Wildman–Crippen LogP) is 2.09. The molecule has 0 bridgehead atoms. The molecule has 2 amide bonds. The van der Waals surface area contributed by atoms with Gasteiger partial charge in [-0.3, -0.25) is 14.4 Å². The Morgan fingerprint density at radius 2 is 2.04 bits per heavy atom. The average Bonchev–Trinajstić information content (AvgIpc) is 3.02. The summed E-state index contributed by atoms with van der Waals surface area (Å²) in [5.41, 5.74) is 0.413. The Labute approximate surface area is 137 Å². The number of fused-ring (bicyclic) bond motifs is 1. The van der Waals surface area contributed by atoms with E-state index in [9.17, 15) is 14.4 Å². The monoisotopic (exact) mass is 334 g/mol. The molecule has 0 saturated heterocycles. The third-order valence-corrected chi connectivity index (χ3v) is 5.10.